The van der Waals surface area contributed by atoms with E-state index >= 15 is 0 Å². The van der Waals surface area contributed by atoms with Gasteiger partial charge in [-0.15, -0.1) is 0 Å². The minimum atomic E-state index is -0.706. The topological polar surface area (TPSA) is 49.7 Å². The van der Waals surface area contributed by atoms with Crippen LogP contribution in [0.1, 0.15) is 13.3 Å². The first-order valence-corrected chi connectivity index (χ1v) is 2.71. The number of aliphatic hydroxyl groups excluding tert-OH is 2. The highest BCUT2D eigenvalue weighted by Crippen LogP contribution is 1.89. The molecular formula is C5H12O3. The minimum Gasteiger partial charge on any atom is -0.394 e. The van der Waals surface area contributed by atoms with E-state index in [1.54, 1.807) is 0 Å². The van der Waals surface area contributed by atoms with Gasteiger partial charge in [0.1, 0.15) is 0 Å². The average Bonchev–Trinajstić information content (AvgIpc) is 1.83. The van der Waals surface area contributed by atoms with E-state index in [1.807, 2.05) is 6.92 Å². The van der Waals surface area contributed by atoms with Gasteiger partial charge in [-0.1, -0.05) is 6.92 Å². The Morgan fingerprint density at radius 3 is 2.62 bits per heavy atom. The molecule has 0 amide bonds. The van der Waals surface area contributed by atoms with Crippen LogP contribution in [0.2, 0.25) is 0 Å². The fourth-order valence-corrected chi connectivity index (χ4v) is 0.307. The summed E-state index contributed by atoms with van der Waals surface area (Å²) in [5, 5.41) is 16.8. The van der Waals surface area contributed by atoms with E-state index in [-0.39, 0.29) is 13.2 Å². The molecule has 0 spiro atoms. The molecule has 2 N–H and O–H groups in total. The Kier molecular flexibility index (Phi) is 4.95. The summed E-state index contributed by atoms with van der Waals surface area (Å²) < 4.78 is 4.65. The first kappa shape index (κ1) is 7.88. The van der Waals surface area contributed by atoms with Crippen LogP contribution in [0, 0.1) is 0 Å². The first-order chi connectivity index (χ1) is 3.81. The van der Waals surface area contributed by atoms with Crippen molar-refractivity contribution in [1.82, 2.24) is 0 Å². The van der Waals surface area contributed by atoms with Crippen LogP contribution in [0.15, 0.2) is 0 Å². The predicted octanol–water partition coefficient (Wildman–Crippen LogP) is -0.276. The second-order valence-corrected chi connectivity index (χ2v) is 1.46. The van der Waals surface area contributed by atoms with Crippen LogP contribution >= 0.6 is 0 Å². The molecule has 0 saturated heterocycles. The van der Waals surface area contributed by atoms with E-state index < -0.39 is 6.29 Å². The number of hydrogen-bond acceptors (Lipinski definition) is 3. The van der Waals surface area contributed by atoms with Gasteiger partial charge in [0.25, 0.3) is 0 Å². The smallest absolute Gasteiger partial charge is 0.154 e. The molecule has 0 aromatic carbocycles. The van der Waals surface area contributed by atoms with Gasteiger partial charge in [-0.05, 0) is 6.42 Å². The molecule has 1 atom stereocenters. The third-order valence-electron chi connectivity index (χ3n) is 0.751. The summed E-state index contributed by atoms with van der Waals surface area (Å²) in [6.45, 7) is 1.99. The van der Waals surface area contributed by atoms with Gasteiger partial charge in [0.15, 0.2) is 6.29 Å². The predicted molar refractivity (Wildman–Crippen MR) is 29.3 cm³/mol. The summed E-state index contributed by atoms with van der Waals surface area (Å²) in [6, 6.07) is 0. The number of rotatable bonds is 4. The van der Waals surface area contributed by atoms with Crippen LogP contribution in [0.3, 0.4) is 0 Å². The molecule has 0 saturated carbocycles. The molecule has 3 heteroatoms. The molecule has 0 aliphatic carbocycles. The summed E-state index contributed by atoms with van der Waals surface area (Å²) in [4.78, 5) is 0. The largest absolute Gasteiger partial charge is 0.394 e. The second-order valence-electron chi connectivity index (χ2n) is 1.46. The zero-order valence-corrected chi connectivity index (χ0v) is 5.00. The average molecular weight is 120 g/mol. The van der Waals surface area contributed by atoms with Crippen molar-refractivity contribution in [2.75, 3.05) is 13.2 Å². The van der Waals surface area contributed by atoms with E-state index in [4.69, 9.17) is 10.2 Å². The van der Waals surface area contributed by atoms with Gasteiger partial charge in [0, 0.05) is 0 Å². The Balaban J connectivity index is 2.86. The van der Waals surface area contributed by atoms with Crippen LogP contribution < -0.4 is 0 Å². The lowest BCUT2D eigenvalue weighted by Crippen LogP contribution is -2.12. The van der Waals surface area contributed by atoms with Crippen LogP contribution in [-0.2, 0) is 4.74 Å². The molecule has 0 aliphatic heterocycles. The first-order valence-electron chi connectivity index (χ1n) is 2.71. The number of aliphatic hydroxyl groups is 2. The maximum atomic E-state index is 8.66. The Morgan fingerprint density at radius 1 is 1.62 bits per heavy atom. The van der Waals surface area contributed by atoms with Crippen molar-refractivity contribution in [3.63, 3.8) is 0 Å². The van der Waals surface area contributed by atoms with Crippen molar-refractivity contribution >= 4 is 0 Å². The normalized spacial score (nSPS) is 13.9. The maximum Gasteiger partial charge on any atom is 0.154 e. The third-order valence-corrected chi connectivity index (χ3v) is 0.751. The molecular weight excluding hydrogens is 108 g/mol. The number of hydrogen-bond donors (Lipinski definition) is 2. The van der Waals surface area contributed by atoms with Crippen molar-refractivity contribution < 1.29 is 14.9 Å². The van der Waals surface area contributed by atoms with Gasteiger partial charge in [-0.2, -0.15) is 0 Å². The van der Waals surface area contributed by atoms with E-state index in [2.05, 4.69) is 4.74 Å². The van der Waals surface area contributed by atoms with Crippen molar-refractivity contribution in [1.29, 1.82) is 0 Å². The highest BCUT2D eigenvalue weighted by Gasteiger charge is 1.96. The molecule has 0 aliphatic rings. The molecule has 0 rings (SSSR count). The highest BCUT2D eigenvalue weighted by molar-refractivity contribution is 4.32. The van der Waals surface area contributed by atoms with Gasteiger partial charge in [-0.25, -0.2) is 0 Å². The lowest BCUT2D eigenvalue weighted by Gasteiger charge is -2.06. The maximum absolute atomic E-state index is 8.66. The van der Waals surface area contributed by atoms with Crippen molar-refractivity contribution in [2.45, 2.75) is 19.6 Å². The SMILES string of the molecule is CCC(O)OCCO. The fourth-order valence-electron chi connectivity index (χ4n) is 0.307. The van der Waals surface area contributed by atoms with Gasteiger partial charge in [0.05, 0.1) is 13.2 Å². The lowest BCUT2D eigenvalue weighted by atomic mass is 10.5. The fraction of sp³-hybridized carbons (Fsp3) is 1.00. The number of ether oxygens (including phenoxy) is 1. The quantitative estimate of drug-likeness (QED) is 0.502. The van der Waals surface area contributed by atoms with Crippen molar-refractivity contribution in [3.8, 4) is 0 Å². The van der Waals surface area contributed by atoms with Gasteiger partial charge in [0.2, 0.25) is 0 Å². The molecule has 0 aromatic heterocycles. The second kappa shape index (κ2) is 5.03. The summed E-state index contributed by atoms with van der Waals surface area (Å²) in [6.07, 6.45) is -0.137. The highest BCUT2D eigenvalue weighted by atomic mass is 16.6. The minimum absolute atomic E-state index is 0.0307. The molecule has 1 unspecified atom stereocenters. The van der Waals surface area contributed by atoms with Gasteiger partial charge < -0.3 is 14.9 Å². The van der Waals surface area contributed by atoms with E-state index in [9.17, 15) is 0 Å². The van der Waals surface area contributed by atoms with Crippen LogP contribution in [0.5, 0.6) is 0 Å². The van der Waals surface area contributed by atoms with Crippen molar-refractivity contribution in [2.24, 2.45) is 0 Å². The van der Waals surface area contributed by atoms with Crippen LogP contribution in [0.25, 0.3) is 0 Å². The van der Waals surface area contributed by atoms with Gasteiger partial charge in [-0.3, -0.25) is 0 Å². The molecule has 0 heterocycles. The summed E-state index contributed by atoms with van der Waals surface area (Å²) >= 11 is 0. The van der Waals surface area contributed by atoms with E-state index in [0.29, 0.717) is 6.42 Å². The molecule has 8 heavy (non-hydrogen) atoms. The van der Waals surface area contributed by atoms with Gasteiger partial charge >= 0.3 is 0 Å². The molecule has 0 aromatic rings. The van der Waals surface area contributed by atoms with E-state index in [1.165, 1.54) is 0 Å². The molecule has 0 bridgehead atoms. The van der Waals surface area contributed by atoms with Crippen LogP contribution in [-0.4, -0.2) is 29.7 Å². The van der Waals surface area contributed by atoms with Crippen LogP contribution in [0.4, 0.5) is 0 Å². The lowest BCUT2D eigenvalue weighted by molar-refractivity contribution is -0.107. The zero-order chi connectivity index (χ0) is 6.41. The Bertz CT molecular complexity index is 46.9. The summed E-state index contributed by atoms with van der Waals surface area (Å²) in [5.74, 6) is 0. The monoisotopic (exact) mass is 120 g/mol. The molecule has 0 fully saturated rings. The third kappa shape index (κ3) is 4.05. The van der Waals surface area contributed by atoms with Crippen molar-refractivity contribution in [3.05, 3.63) is 0 Å². The summed E-state index contributed by atoms with van der Waals surface area (Å²) in [7, 11) is 0. The molecule has 3 nitrogen and oxygen atoms in total. The Labute approximate surface area is 48.9 Å². The Morgan fingerprint density at radius 2 is 2.25 bits per heavy atom. The standard InChI is InChI=1S/C5H12O3/c1-2-5(7)8-4-3-6/h5-7H,2-4H2,1H3. The zero-order valence-electron chi connectivity index (χ0n) is 5.00. The van der Waals surface area contributed by atoms with E-state index in [0.717, 1.165) is 0 Å². The molecule has 0 radical (unpaired) electrons. The Hall–Kier alpha value is -0.120. The summed E-state index contributed by atoms with van der Waals surface area (Å²) in [5.41, 5.74) is 0. The molecule has 50 valence electrons.